The highest BCUT2D eigenvalue weighted by Crippen LogP contribution is 2.50. The number of hydrogen-bond donors (Lipinski definition) is 0. The van der Waals surface area contributed by atoms with Gasteiger partial charge in [0.05, 0.1) is 46.0 Å². The predicted octanol–water partition coefficient (Wildman–Crippen LogP) is 0.00830. The molecule has 1 atom stereocenters. The summed E-state index contributed by atoms with van der Waals surface area (Å²) in [6, 6.07) is 7.48. The summed E-state index contributed by atoms with van der Waals surface area (Å²) < 4.78 is 27.8. The van der Waals surface area contributed by atoms with Crippen molar-refractivity contribution in [2.24, 2.45) is 0 Å². The minimum Gasteiger partial charge on any atom is -1.00 e. The van der Waals surface area contributed by atoms with E-state index >= 15 is 0 Å². The van der Waals surface area contributed by atoms with Crippen molar-refractivity contribution in [3.63, 3.8) is 0 Å². The number of carbonyl (C=O) groups is 2. The molecule has 8 nitrogen and oxygen atoms in total. The van der Waals surface area contributed by atoms with Crippen molar-refractivity contribution in [3.8, 4) is 23.0 Å². The standard InChI is InChI=1S/C25H28NO7.BrH/c1-26(14-21(28)30-3)12-11-17-18(13-26)23(31-4)25-24(32-15-33-25)22(17)19(27)10-9-16-7-5-6-8-20(16)29-2;/h5-10H,11-15H2,1-4H3;1H/q+1;/p-1/b10-9+;. The number of rotatable bonds is 7. The van der Waals surface area contributed by atoms with Crippen LogP contribution in [-0.4, -0.2) is 64.5 Å². The molecule has 2 aromatic rings. The van der Waals surface area contributed by atoms with Gasteiger partial charge in [-0.25, -0.2) is 4.79 Å². The van der Waals surface area contributed by atoms with E-state index in [4.69, 9.17) is 23.7 Å². The van der Waals surface area contributed by atoms with Gasteiger partial charge in [-0.1, -0.05) is 18.2 Å². The highest BCUT2D eigenvalue weighted by atomic mass is 79.9. The molecule has 0 radical (unpaired) electrons. The normalized spacial score (nSPS) is 18.1. The molecule has 2 aliphatic rings. The molecule has 0 aliphatic carbocycles. The first kappa shape index (κ1) is 25.6. The zero-order valence-electron chi connectivity index (χ0n) is 19.7. The largest absolute Gasteiger partial charge is 1.00 e. The maximum atomic E-state index is 13.5. The molecule has 1 unspecified atom stereocenters. The van der Waals surface area contributed by atoms with Gasteiger partial charge in [-0.05, 0) is 23.8 Å². The lowest BCUT2D eigenvalue weighted by Gasteiger charge is -2.38. The molecule has 0 aromatic heterocycles. The number of carbonyl (C=O) groups excluding carboxylic acids is 2. The van der Waals surface area contributed by atoms with E-state index in [9.17, 15) is 9.59 Å². The average Bonchev–Trinajstić information content (AvgIpc) is 3.30. The third kappa shape index (κ3) is 4.76. The minimum absolute atomic E-state index is 0. The third-order valence-corrected chi connectivity index (χ3v) is 6.17. The predicted molar refractivity (Wildman–Crippen MR) is 121 cm³/mol. The van der Waals surface area contributed by atoms with Crippen LogP contribution >= 0.6 is 0 Å². The van der Waals surface area contributed by atoms with Crippen LogP contribution in [0.15, 0.2) is 30.3 Å². The summed E-state index contributed by atoms with van der Waals surface area (Å²) in [6.07, 6.45) is 3.85. The second-order valence-corrected chi connectivity index (χ2v) is 8.36. The Hall–Kier alpha value is -3.04. The number of quaternary nitrogens is 1. The van der Waals surface area contributed by atoms with Gasteiger partial charge in [0.15, 0.2) is 23.8 Å². The number of ether oxygens (including phenoxy) is 5. The summed E-state index contributed by atoms with van der Waals surface area (Å²) in [4.78, 5) is 25.5. The van der Waals surface area contributed by atoms with Gasteiger partial charge < -0.3 is 45.1 Å². The van der Waals surface area contributed by atoms with Crippen molar-refractivity contribution in [1.29, 1.82) is 0 Å². The summed E-state index contributed by atoms with van der Waals surface area (Å²) in [6.45, 7) is 1.41. The van der Waals surface area contributed by atoms with Crippen LogP contribution in [-0.2, 0) is 22.5 Å². The Balaban J connectivity index is 0.00000324. The fourth-order valence-corrected chi connectivity index (χ4v) is 4.52. The van der Waals surface area contributed by atoms with Crippen LogP contribution in [0.1, 0.15) is 27.0 Å². The lowest BCUT2D eigenvalue weighted by atomic mass is 9.88. The zero-order chi connectivity index (χ0) is 23.6. The number of likely N-dealkylation sites (N-methyl/N-ethyl adjacent to an activating group) is 1. The van der Waals surface area contributed by atoms with E-state index in [1.54, 1.807) is 20.3 Å². The molecule has 0 spiro atoms. The molecular formula is C25H28BrNO7. The van der Waals surface area contributed by atoms with Crippen LogP contribution in [0.5, 0.6) is 23.0 Å². The zero-order valence-corrected chi connectivity index (χ0v) is 21.3. The number of nitrogens with zero attached hydrogens (tertiary/aromatic N) is 1. The Bertz CT molecular complexity index is 1130. The quantitative estimate of drug-likeness (QED) is 0.214. The molecule has 9 heteroatoms. The number of para-hydroxylation sites is 1. The molecule has 0 saturated carbocycles. The van der Waals surface area contributed by atoms with Crippen LogP contribution in [0, 0.1) is 0 Å². The van der Waals surface area contributed by atoms with Gasteiger partial charge in [0, 0.05) is 12.0 Å². The molecule has 0 bridgehead atoms. The first-order valence-electron chi connectivity index (χ1n) is 10.7. The van der Waals surface area contributed by atoms with Crippen LogP contribution in [0.25, 0.3) is 6.08 Å². The summed E-state index contributed by atoms with van der Waals surface area (Å²) >= 11 is 0. The van der Waals surface area contributed by atoms with E-state index in [0.717, 1.165) is 16.7 Å². The van der Waals surface area contributed by atoms with E-state index < -0.39 is 0 Å². The molecule has 2 heterocycles. The molecule has 0 saturated heterocycles. The van der Waals surface area contributed by atoms with Gasteiger partial charge >= 0.3 is 5.97 Å². The number of fused-ring (bicyclic) bond motifs is 2. The second kappa shape index (κ2) is 10.5. The summed E-state index contributed by atoms with van der Waals surface area (Å²) in [7, 11) is 6.54. The van der Waals surface area contributed by atoms with E-state index in [1.165, 1.54) is 13.2 Å². The molecule has 2 aromatic carbocycles. The Kier molecular flexibility index (Phi) is 7.89. The molecule has 0 fully saturated rings. The summed E-state index contributed by atoms with van der Waals surface area (Å²) in [5, 5.41) is 0. The SMILES string of the molecule is COC(=O)C[N+]1(C)CCc2c(c(OC)c3c(c2C(=O)/C=C/c2ccccc2OC)OCO3)C1.[Br-]. The molecule has 182 valence electrons. The van der Waals surface area contributed by atoms with Gasteiger partial charge in [0.2, 0.25) is 12.5 Å². The van der Waals surface area contributed by atoms with Crippen molar-refractivity contribution < 1.29 is 54.7 Å². The number of benzene rings is 2. The van der Waals surface area contributed by atoms with Crippen LogP contribution in [0.3, 0.4) is 0 Å². The average molecular weight is 534 g/mol. The van der Waals surface area contributed by atoms with Crippen LogP contribution in [0.4, 0.5) is 0 Å². The second-order valence-electron chi connectivity index (χ2n) is 8.36. The molecular weight excluding hydrogens is 506 g/mol. The number of allylic oxidation sites excluding steroid dienone is 1. The smallest absolute Gasteiger partial charge is 0.361 e. The van der Waals surface area contributed by atoms with Gasteiger partial charge in [-0.2, -0.15) is 0 Å². The van der Waals surface area contributed by atoms with E-state index in [1.807, 2.05) is 31.3 Å². The van der Waals surface area contributed by atoms with E-state index in [0.29, 0.717) is 52.6 Å². The Labute approximate surface area is 209 Å². The first-order chi connectivity index (χ1) is 15.9. The number of ketones is 1. The van der Waals surface area contributed by atoms with Crippen molar-refractivity contribution in [3.05, 3.63) is 52.6 Å². The lowest BCUT2D eigenvalue weighted by Crippen LogP contribution is -3.00. The summed E-state index contributed by atoms with van der Waals surface area (Å²) in [5.74, 6) is 1.60. The topological polar surface area (TPSA) is 80.3 Å². The van der Waals surface area contributed by atoms with Crippen molar-refractivity contribution in [2.75, 3.05) is 48.3 Å². The Morgan fingerprint density at radius 2 is 1.79 bits per heavy atom. The van der Waals surface area contributed by atoms with Gasteiger partial charge in [-0.3, -0.25) is 4.79 Å². The summed E-state index contributed by atoms with van der Waals surface area (Å²) in [5.41, 5.74) is 3.00. The van der Waals surface area contributed by atoms with E-state index in [-0.39, 0.29) is 42.1 Å². The fraction of sp³-hybridized carbons (Fsp3) is 0.360. The van der Waals surface area contributed by atoms with Gasteiger partial charge in [0.1, 0.15) is 12.3 Å². The third-order valence-electron chi connectivity index (χ3n) is 6.17. The number of methoxy groups -OCH3 is 3. The van der Waals surface area contributed by atoms with Crippen LogP contribution in [0.2, 0.25) is 0 Å². The monoisotopic (exact) mass is 533 g/mol. The van der Waals surface area contributed by atoms with Crippen molar-refractivity contribution in [1.82, 2.24) is 0 Å². The first-order valence-corrected chi connectivity index (χ1v) is 10.7. The molecule has 2 aliphatic heterocycles. The van der Waals surface area contributed by atoms with Gasteiger partial charge in [0.25, 0.3) is 0 Å². The Morgan fingerprint density at radius 1 is 1.06 bits per heavy atom. The van der Waals surface area contributed by atoms with Crippen molar-refractivity contribution >= 4 is 17.8 Å². The van der Waals surface area contributed by atoms with Crippen molar-refractivity contribution in [2.45, 2.75) is 13.0 Å². The molecule has 4 rings (SSSR count). The fourth-order valence-electron chi connectivity index (χ4n) is 4.52. The van der Waals surface area contributed by atoms with Gasteiger partial charge in [-0.15, -0.1) is 0 Å². The lowest BCUT2D eigenvalue weighted by molar-refractivity contribution is -0.917. The molecule has 34 heavy (non-hydrogen) atoms. The highest BCUT2D eigenvalue weighted by molar-refractivity contribution is 6.11. The highest BCUT2D eigenvalue weighted by Gasteiger charge is 2.40. The van der Waals surface area contributed by atoms with E-state index in [2.05, 4.69) is 0 Å². The minimum atomic E-state index is -0.281. The number of esters is 1. The number of halogens is 1. The molecule has 0 N–H and O–H groups in total. The Morgan fingerprint density at radius 3 is 2.50 bits per heavy atom. The molecule has 0 amide bonds. The maximum Gasteiger partial charge on any atom is 0.361 e. The number of hydrogen-bond acceptors (Lipinski definition) is 7. The maximum absolute atomic E-state index is 13.5. The van der Waals surface area contributed by atoms with Crippen LogP contribution < -0.4 is 35.9 Å².